The molecule has 0 saturated carbocycles. The van der Waals surface area contributed by atoms with E-state index in [4.69, 9.17) is 9.47 Å². The lowest BCUT2D eigenvalue weighted by atomic mass is 10.1. The maximum Gasteiger partial charge on any atom is 0.261 e. The molecule has 1 heterocycles. The van der Waals surface area contributed by atoms with Crippen LogP contribution in [0.1, 0.15) is 23.6 Å². The molecule has 1 atom stereocenters. The first-order valence-electron chi connectivity index (χ1n) is 9.46. The van der Waals surface area contributed by atoms with Crippen molar-refractivity contribution in [2.45, 2.75) is 33.4 Å². The van der Waals surface area contributed by atoms with E-state index in [9.17, 15) is 4.79 Å². The first-order chi connectivity index (χ1) is 13.0. The van der Waals surface area contributed by atoms with Crippen LogP contribution >= 0.6 is 0 Å². The van der Waals surface area contributed by atoms with Crippen molar-refractivity contribution in [3.05, 3.63) is 59.2 Å². The normalized spacial score (nSPS) is 15.3. The van der Waals surface area contributed by atoms with Crippen LogP contribution in [0.15, 0.2) is 42.5 Å². The Labute approximate surface area is 161 Å². The number of amides is 1. The van der Waals surface area contributed by atoms with Crippen LogP contribution in [0, 0.1) is 13.8 Å². The fourth-order valence-electron chi connectivity index (χ4n) is 3.06. The Hall–Kier alpha value is -2.53. The summed E-state index contributed by atoms with van der Waals surface area (Å²) in [6, 6.07) is 14.3. The number of hydrogen-bond acceptors (Lipinski definition) is 4. The highest BCUT2D eigenvalue weighted by atomic mass is 16.5. The minimum atomic E-state index is -0.543. The molecule has 2 aromatic carbocycles. The van der Waals surface area contributed by atoms with Gasteiger partial charge in [0.15, 0.2) is 6.10 Å². The molecule has 144 valence electrons. The predicted octanol–water partition coefficient (Wildman–Crippen LogP) is 3.22. The summed E-state index contributed by atoms with van der Waals surface area (Å²) in [7, 11) is 0. The van der Waals surface area contributed by atoms with Gasteiger partial charge in [0.1, 0.15) is 5.75 Å². The van der Waals surface area contributed by atoms with Crippen LogP contribution in [0.4, 0.5) is 5.69 Å². The van der Waals surface area contributed by atoms with E-state index in [1.807, 2.05) is 32.0 Å². The summed E-state index contributed by atoms with van der Waals surface area (Å²) in [5.41, 5.74) is 4.40. The Kier molecular flexibility index (Phi) is 6.35. The molecule has 1 amide bonds. The van der Waals surface area contributed by atoms with E-state index < -0.39 is 6.10 Å². The number of rotatable bonds is 6. The summed E-state index contributed by atoms with van der Waals surface area (Å²) in [4.78, 5) is 14.7. The van der Waals surface area contributed by atoms with Crippen molar-refractivity contribution < 1.29 is 14.3 Å². The van der Waals surface area contributed by atoms with Crippen LogP contribution in [-0.2, 0) is 16.1 Å². The summed E-state index contributed by atoms with van der Waals surface area (Å²) < 4.78 is 11.2. The van der Waals surface area contributed by atoms with Gasteiger partial charge in [-0.3, -0.25) is 4.79 Å². The van der Waals surface area contributed by atoms with Gasteiger partial charge < -0.3 is 19.7 Å². The average Bonchev–Trinajstić information content (AvgIpc) is 2.70. The Morgan fingerprint density at radius 3 is 2.56 bits per heavy atom. The van der Waals surface area contributed by atoms with Crippen LogP contribution in [-0.4, -0.2) is 38.3 Å². The average molecular weight is 368 g/mol. The second-order valence-corrected chi connectivity index (χ2v) is 7.01. The highest BCUT2D eigenvalue weighted by molar-refractivity contribution is 5.80. The van der Waals surface area contributed by atoms with Crippen molar-refractivity contribution in [3.63, 3.8) is 0 Å². The molecule has 27 heavy (non-hydrogen) atoms. The van der Waals surface area contributed by atoms with Crippen molar-refractivity contribution in [3.8, 4) is 5.75 Å². The highest BCUT2D eigenvalue weighted by Gasteiger charge is 2.16. The van der Waals surface area contributed by atoms with Crippen LogP contribution in [0.5, 0.6) is 5.75 Å². The Bertz CT molecular complexity index is 768. The molecule has 5 nitrogen and oxygen atoms in total. The van der Waals surface area contributed by atoms with Gasteiger partial charge in [-0.15, -0.1) is 0 Å². The van der Waals surface area contributed by atoms with Crippen LogP contribution in [0.3, 0.4) is 0 Å². The van der Waals surface area contributed by atoms with Crippen molar-refractivity contribution in [1.82, 2.24) is 5.32 Å². The maximum absolute atomic E-state index is 12.4. The van der Waals surface area contributed by atoms with Gasteiger partial charge in [0, 0.05) is 25.3 Å². The molecule has 1 saturated heterocycles. The summed E-state index contributed by atoms with van der Waals surface area (Å²) in [5, 5.41) is 2.95. The van der Waals surface area contributed by atoms with Gasteiger partial charge in [-0.05, 0) is 55.7 Å². The monoisotopic (exact) mass is 368 g/mol. The summed E-state index contributed by atoms with van der Waals surface area (Å²) in [5.74, 6) is 0.640. The van der Waals surface area contributed by atoms with Gasteiger partial charge in [-0.2, -0.15) is 0 Å². The number of morpholine rings is 1. The van der Waals surface area contributed by atoms with E-state index in [0.717, 1.165) is 48.7 Å². The molecule has 1 fully saturated rings. The number of ether oxygens (including phenoxy) is 2. The minimum absolute atomic E-state index is 0.117. The number of aryl methyl sites for hydroxylation is 2. The lowest BCUT2D eigenvalue weighted by Crippen LogP contribution is -2.36. The van der Waals surface area contributed by atoms with E-state index in [-0.39, 0.29) is 5.91 Å². The van der Waals surface area contributed by atoms with Gasteiger partial charge >= 0.3 is 0 Å². The van der Waals surface area contributed by atoms with Crippen molar-refractivity contribution in [2.75, 3.05) is 31.2 Å². The topological polar surface area (TPSA) is 50.8 Å². The molecule has 3 rings (SSSR count). The summed E-state index contributed by atoms with van der Waals surface area (Å²) >= 11 is 0. The zero-order valence-corrected chi connectivity index (χ0v) is 16.3. The molecular weight excluding hydrogens is 340 g/mol. The quantitative estimate of drug-likeness (QED) is 0.851. The van der Waals surface area contributed by atoms with Crippen molar-refractivity contribution in [2.24, 2.45) is 0 Å². The van der Waals surface area contributed by atoms with Gasteiger partial charge in [0.25, 0.3) is 5.91 Å². The molecule has 0 radical (unpaired) electrons. The van der Waals surface area contributed by atoms with Crippen molar-refractivity contribution in [1.29, 1.82) is 0 Å². The molecule has 5 heteroatoms. The number of anilines is 1. The fraction of sp³-hybridized carbons (Fsp3) is 0.409. The molecular formula is C22H28N2O3. The van der Waals surface area contributed by atoms with E-state index in [1.165, 1.54) is 5.69 Å². The number of benzene rings is 2. The highest BCUT2D eigenvalue weighted by Crippen LogP contribution is 2.20. The third-order valence-corrected chi connectivity index (χ3v) is 4.80. The van der Waals surface area contributed by atoms with Crippen molar-refractivity contribution >= 4 is 11.6 Å². The molecule has 0 aliphatic carbocycles. The van der Waals surface area contributed by atoms with E-state index in [0.29, 0.717) is 6.54 Å². The molecule has 0 spiro atoms. The Morgan fingerprint density at radius 2 is 1.85 bits per heavy atom. The molecule has 0 bridgehead atoms. The summed E-state index contributed by atoms with van der Waals surface area (Å²) in [6.07, 6.45) is -0.543. The molecule has 1 aliphatic rings. The lowest BCUT2D eigenvalue weighted by Gasteiger charge is -2.28. The Morgan fingerprint density at radius 1 is 1.15 bits per heavy atom. The van der Waals surface area contributed by atoms with E-state index in [1.54, 1.807) is 6.92 Å². The van der Waals surface area contributed by atoms with E-state index >= 15 is 0 Å². The second kappa shape index (κ2) is 8.91. The van der Waals surface area contributed by atoms with Gasteiger partial charge in [-0.25, -0.2) is 0 Å². The number of carbonyl (C=O) groups excluding carboxylic acids is 1. The number of hydrogen-bond donors (Lipinski definition) is 1. The largest absolute Gasteiger partial charge is 0.481 e. The number of nitrogens with zero attached hydrogens (tertiary/aromatic N) is 1. The zero-order valence-electron chi connectivity index (χ0n) is 16.3. The lowest BCUT2D eigenvalue weighted by molar-refractivity contribution is -0.127. The van der Waals surface area contributed by atoms with E-state index in [2.05, 4.69) is 34.5 Å². The van der Waals surface area contributed by atoms with Crippen LogP contribution in [0.2, 0.25) is 0 Å². The first kappa shape index (κ1) is 19.2. The smallest absolute Gasteiger partial charge is 0.261 e. The first-order valence-corrected chi connectivity index (χ1v) is 9.46. The fourth-order valence-corrected chi connectivity index (χ4v) is 3.06. The third kappa shape index (κ3) is 5.23. The zero-order chi connectivity index (χ0) is 19.2. The van der Waals surface area contributed by atoms with Gasteiger partial charge in [-0.1, -0.05) is 24.3 Å². The number of carbonyl (C=O) groups is 1. The molecule has 1 aliphatic heterocycles. The van der Waals surface area contributed by atoms with Gasteiger partial charge in [0.05, 0.1) is 13.2 Å². The molecule has 0 aromatic heterocycles. The minimum Gasteiger partial charge on any atom is -0.481 e. The third-order valence-electron chi connectivity index (χ3n) is 4.80. The van der Waals surface area contributed by atoms with Gasteiger partial charge in [0.2, 0.25) is 0 Å². The molecule has 2 aromatic rings. The number of nitrogens with one attached hydrogen (secondary N) is 1. The SMILES string of the molecule is Cc1ccc(C)c(O[C@H](C)C(=O)NCc2ccc(N3CCOCC3)cc2)c1. The van der Waals surface area contributed by atoms with Crippen LogP contribution in [0.25, 0.3) is 0 Å². The van der Waals surface area contributed by atoms with Crippen LogP contribution < -0.4 is 15.0 Å². The standard InChI is InChI=1S/C22H28N2O3/c1-16-4-5-17(2)21(14-16)27-18(3)22(25)23-15-19-6-8-20(9-7-19)24-10-12-26-13-11-24/h4-9,14,18H,10-13,15H2,1-3H3,(H,23,25)/t18-/m1/s1. The Balaban J connectivity index is 1.51. The maximum atomic E-state index is 12.4. The summed E-state index contributed by atoms with van der Waals surface area (Å²) in [6.45, 7) is 9.65. The molecule has 1 N–H and O–H groups in total. The molecule has 0 unspecified atom stereocenters. The second-order valence-electron chi connectivity index (χ2n) is 7.01. The predicted molar refractivity (Wildman–Crippen MR) is 107 cm³/mol.